The van der Waals surface area contributed by atoms with E-state index in [2.05, 4.69) is 11.2 Å². The molecule has 0 aliphatic carbocycles. The number of terminal acetylenes is 1. The zero-order chi connectivity index (χ0) is 13.1. The number of carbonyl (C=O) groups is 2. The highest BCUT2D eigenvalue weighted by atomic mass is 16.4. The molecule has 1 amide bonds. The van der Waals surface area contributed by atoms with Gasteiger partial charge in [0, 0.05) is 25.3 Å². The molecule has 0 bridgehead atoms. The Morgan fingerprint density at radius 3 is 2.59 bits per heavy atom. The lowest BCUT2D eigenvalue weighted by molar-refractivity contribution is -0.137. The van der Waals surface area contributed by atoms with E-state index < -0.39 is 5.97 Å². The van der Waals surface area contributed by atoms with Crippen molar-refractivity contribution in [3.8, 4) is 12.3 Å². The Labute approximate surface area is 103 Å². The van der Waals surface area contributed by atoms with Crippen molar-refractivity contribution >= 4 is 11.9 Å². The van der Waals surface area contributed by atoms with Crippen LogP contribution in [0.25, 0.3) is 0 Å². The Morgan fingerprint density at radius 1 is 1.29 bits per heavy atom. The van der Waals surface area contributed by atoms with Crippen LogP contribution in [0.5, 0.6) is 0 Å². The Balaban J connectivity index is 3.52. The molecule has 4 nitrogen and oxygen atoms in total. The lowest BCUT2D eigenvalue weighted by Crippen LogP contribution is -2.32. The molecule has 0 aromatic rings. The van der Waals surface area contributed by atoms with E-state index in [1.165, 1.54) is 0 Å². The molecule has 17 heavy (non-hydrogen) atoms. The standard InChI is InChI=1S/C13H21NO3/c1-3-4-5-6-9-12(15)14-11(2)8-7-10-13(16)17/h1,11H,4-10H2,2H3,(H,14,15)(H,16,17). The maximum atomic E-state index is 11.4. The van der Waals surface area contributed by atoms with Gasteiger partial charge in [-0.05, 0) is 32.6 Å². The maximum absolute atomic E-state index is 11.4. The van der Waals surface area contributed by atoms with Crippen molar-refractivity contribution in [2.75, 3.05) is 0 Å². The Bertz CT molecular complexity index is 281. The summed E-state index contributed by atoms with van der Waals surface area (Å²) in [5.74, 6) is 1.76. The summed E-state index contributed by atoms with van der Waals surface area (Å²) in [6, 6.07) is 0.0366. The number of aliphatic carboxylic acids is 1. The molecule has 4 heteroatoms. The van der Waals surface area contributed by atoms with Crippen LogP contribution in [0.1, 0.15) is 51.9 Å². The number of hydrogen-bond donors (Lipinski definition) is 2. The number of amides is 1. The second-order valence-corrected chi connectivity index (χ2v) is 4.17. The van der Waals surface area contributed by atoms with E-state index in [9.17, 15) is 9.59 Å². The van der Waals surface area contributed by atoms with Crippen LogP contribution in [0.4, 0.5) is 0 Å². The molecule has 0 aromatic carbocycles. The summed E-state index contributed by atoms with van der Waals surface area (Å²) < 4.78 is 0. The number of nitrogens with one attached hydrogen (secondary N) is 1. The van der Waals surface area contributed by atoms with Crippen LogP contribution in [-0.4, -0.2) is 23.0 Å². The first kappa shape index (κ1) is 15.5. The number of rotatable bonds is 9. The van der Waals surface area contributed by atoms with Crippen LogP contribution >= 0.6 is 0 Å². The van der Waals surface area contributed by atoms with Crippen molar-refractivity contribution in [3.63, 3.8) is 0 Å². The van der Waals surface area contributed by atoms with E-state index in [4.69, 9.17) is 11.5 Å². The summed E-state index contributed by atoms with van der Waals surface area (Å²) in [7, 11) is 0. The van der Waals surface area contributed by atoms with Crippen molar-refractivity contribution in [2.45, 2.75) is 57.9 Å². The van der Waals surface area contributed by atoms with Crippen LogP contribution < -0.4 is 5.32 Å². The molecule has 0 rings (SSSR count). The lowest BCUT2D eigenvalue weighted by Gasteiger charge is -2.12. The number of carboxylic acid groups (broad SMARTS) is 1. The van der Waals surface area contributed by atoms with Gasteiger partial charge in [-0.2, -0.15) is 0 Å². The molecule has 0 fully saturated rings. The number of unbranched alkanes of at least 4 members (excludes halogenated alkanes) is 2. The van der Waals surface area contributed by atoms with Gasteiger partial charge in [0.1, 0.15) is 0 Å². The summed E-state index contributed by atoms with van der Waals surface area (Å²) in [6.07, 6.45) is 9.43. The third kappa shape index (κ3) is 10.8. The molecule has 0 radical (unpaired) electrons. The molecule has 1 atom stereocenters. The van der Waals surface area contributed by atoms with E-state index in [1.54, 1.807) is 0 Å². The predicted octanol–water partition coefficient (Wildman–Crippen LogP) is 1.94. The van der Waals surface area contributed by atoms with Gasteiger partial charge in [-0.3, -0.25) is 9.59 Å². The molecule has 0 aliphatic heterocycles. The molecule has 2 N–H and O–H groups in total. The molecule has 0 aromatic heterocycles. The van der Waals surface area contributed by atoms with Crippen molar-refractivity contribution in [3.05, 3.63) is 0 Å². The zero-order valence-electron chi connectivity index (χ0n) is 10.4. The first-order chi connectivity index (χ1) is 8.06. The van der Waals surface area contributed by atoms with Crippen LogP contribution in [0.3, 0.4) is 0 Å². The molecule has 0 spiro atoms. The minimum absolute atomic E-state index is 0.0184. The maximum Gasteiger partial charge on any atom is 0.303 e. The summed E-state index contributed by atoms with van der Waals surface area (Å²) in [5.41, 5.74) is 0. The lowest BCUT2D eigenvalue weighted by atomic mass is 10.1. The number of carbonyl (C=O) groups excluding carboxylic acids is 1. The minimum Gasteiger partial charge on any atom is -0.481 e. The molecule has 0 saturated carbocycles. The second-order valence-electron chi connectivity index (χ2n) is 4.17. The van der Waals surface area contributed by atoms with E-state index in [-0.39, 0.29) is 18.4 Å². The molecule has 0 aliphatic rings. The van der Waals surface area contributed by atoms with E-state index >= 15 is 0 Å². The minimum atomic E-state index is -0.794. The summed E-state index contributed by atoms with van der Waals surface area (Å²) in [4.78, 5) is 21.7. The summed E-state index contributed by atoms with van der Waals surface area (Å²) in [6.45, 7) is 1.89. The average Bonchev–Trinajstić information content (AvgIpc) is 2.23. The first-order valence-electron chi connectivity index (χ1n) is 6.01. The van der Waals surface area contributed by atoms with E-state index in [0.29, 0.717) is 25.7 Å². The average molecular weight is 239 g/mol. The van der Waals surface area contributed by atoms with Gasteiger partial charge >= 0.3 is 5.97 Å². The molecule has 0 heterocycles. The topological polar surface area (TPSA) is 66.4 Å². The Morgan fingerprint density at radius 2 is 2.00 bits per heavy atom. The number of hydrogen-bond acceptors (Lipinski definition) is 2. The van der Waals surface area contributed by atoms with Gasteiger partial charge in [0.25, 0.3) is 0 Å². The molecule has 96 valence electrons. The largest absolute Gasteiger partial charge is 0.481 e. The van der Waals surface area contributed by atoms with Crippen molar-refractivity contribution in [1.82, 2.24) is 5.32 Å². The van der Waals surface area contributed by atoms with Gasteiger partial charge in [0.2, 0.25) is 5.91 Å². The molecular weight excluding hydrogens is 218 g/mol. The monoisotopic (exact) mass is 239 g/mol. The predicted molar refractivity (Wildman–Crippen MR) is 66.4 cm³/mol. The fourth-order valence-corrected chi connectivity index (χ4v) is 1.49. The van der Waals surface area contributed by atoms with Gasteiger partial charge in [0.05, 0.1) is 0 Å². The van der Waals surface area contributed by atoms with Crippen molar-refractivity contribution < 1.29 is 14.7 Å². The molecule has 1 unspecified atom stereocenters. The first-order valence-corrected chi connectivity index (χ1v) is 6.01. The molecule has 0 saturated heterocycles. The quantitative estimate of drug-likeness (QED) is 0.477. The van der Waals surface area contributed by atoms with Crippen LogP contribution in [-0.2, 0) is 9.59 Å². The van der Waals surface area contributed by atoms with Crippen LogP contribution in [0.15, 0.2) is 0 Å². The third-order valence-corrected chi connectivity index (χ3v) is 2.41. The second kappa shape index (κ2) is 9.71. The highest BCUT2D eigenvalue weighted by molar-refractivity contribution is 5.76. The smallest absolute Gasteiger partial charge is 0.303 e. The van der Waals surface area contributed by atoms with Gasteiger partial charge in [-0.25, -0.2) is 0 Å². The van der Waals surface area contributed by atoms with E-state index in [0.717, 1.165) is 12.8 Å². The van der Waals surface area contributed by atoms with Gasteiger partial charge in [-0.1, -0.05) is 0 Å². The zero-order valence-corrected chi connectivity index (χ0v) is 10.4. The van der Waals surface area contributed by atoms with Gasteiger partial charge < -0.3 is 10.4 Å². The van der Waals surface area contributed by atoms with Crippen LogP contribution in [0, 0.1) is 12.3 Å². The highest BCUT2D eigenvalue weighted by Crippen LogP contribution is 2.03. The van der Waals surface area contributed by atoms with Gasteiger partial charge in [0.15, 0.2) is 0 Å². The fourth-order valence-electron chi connectivity index (χ4n) is 1.49. The fraction of sp³-hybridized carbons (Fsp3) is 0.692. The summed E-state index contributed by atoms with van der Waals surface area (Å²) in [5, 5.41) is 11.3. The SMILES string of the molecule is C#CCCCCC(=O)NC(C)CCCC(=O)O. The Hall–Kier alpha value is -1.50. The highest BCUT2D eigenvalue weighted by Gasteiger charge is 2.07. The van der Waals surface area contributed by atoms with Crippen molar-refractivity contribution in [2.24, 2.45) is 0 Å². The van der Waals surface area contributed by atoms with Gasteiger partial charge in [-0.15, -0.1) is 12.3 Å². The molecular formula is C13H21NO3. The summed E-state index contributed by atoms with van der Waals surface area (Å²) >= 11 is 0. The normalized spacial score (nSPS) is 11.5. The van der Waals surface area contributed by atoms with Crippen molar-refractivity contribution in [1.29, 1.82) is 0 Å². The van der Waals surface area contributed by atoms with E-state index in [1.807, 2.05) is 6.92 Å². The third-order valence-electron chi connectivity index (χ3n) is 2.41. The van der Waals surface area contributed by atoms with Crippen LogP contribution in [0.2, 0.25) is 0 Å². The number of carboxylic acids is 1. The Kier molecular flexibility index (Phi) is 8.85.